The molecule has 3 aromatic carbocycles. The quantitative estimate of drug-likeness (QED) is 0.622. The van der Waals surface area contributed by atoms with Gasteiger partial charge in [0.25, 0.3) is 0 Å². The summed E-state index contributed by atoms with van der Waals surface area (Å²) in [5, 5.41) is 2.73. The van der Waals surface area contributed by atoms with E-state index in [-0.39, 0.29) is 6.42 Å². The number of hydrogen-bond donors (Lipinski definition) is 2. The number of sulfonamides is 1. The lowest BCUT2D eigenvalue weighted by molar-refractivity contribution is -0.117. The van der Waals surface area contributed by atoms with Crippen LogP contribution in [0.25, 0.3) is 0 Å². The van der Waals surface area contributed by atoms with E-state index < -0.39 is 32.7 Å². The zero-order chi connectivity index (χ0) is 20.9. The average Bonchev–Trinajstić information content (AvgIpc) is 2.68. The minimum Gasteiger partial charge on any atom is -0.325 e. The van der Waals surface area contributed by atoms with Gasteiger partial charge in [-0.2, -0.15) is 4.72 Å². The van der Waals surface area contributed by atoms with Gasteiger partial charge in [-0.15, -0.1) is 0 Å². The van der Waals surface area contributed by atoms with Crippen molar-refractivity contribution in [3.8, 4) is 0 Å². The zero-order valence-electron chi connectivity index (χ0n) is 15.8. The molecule has 0 aliphatic heterocycles. The maximum atomic E-state index is 14.0. The summed E-state index contributed by atoms with van der Waals surface area (Å²) in [4.78, 5) is 12.4. The van der Waals surface area contributed by atoms with E-state index in [1.54, 1.807) is 42.5 Å². The minimum absolute atomic E-state index is 0.117. The largest absolute Gasteiger partial charge is 0.325 e. The number of amides is 1. The smallest absolute Gasteiger partial charge is 0.244 e. The number of nitrogens with one attached hydrogen (secondary N) is 2. The van der Waals surface area contributed by atoms with Crippen molar-refractivity contribution in [3.05, 3.63) is 95.8 Å². The normalized spacial score (nSPS) is 12.3. The number of aryl methyl sites for hydroxylation is 1. The lowest BCUT2D eigenvalue weighted by Crippen LogP contribution is -2.45. The van der Waals surface area contributed by atoms with Crippen LogP contribution in [0.15, 0.2) is 83.8 Å². The summed E-state index contributed by atoms with van der Waals surface area (Å²) in [5.41, 5.74) is 2.28. The van der Waals surface area contributed by atoms with Crippen molar-refractivity contribution in [2.24, 2.45) is 0 Å². The van der Waals surface area contributed by atoms with Crippen LogP contribution in [0.1, 0.15) is 11.1 Å². The number of carbonyl (C=O) groups excluding carboxylic acids is 1. The topological polar surface area (TPSA) is 75.3 Å². The molecule has 0 fully saturated rings. The first-order valence-electron chi connectivity index (χ1n) is 9.03. The summed E-state index contributed by atoms with van der Waals surface area (Å²) >= 11 is 0. The first kappa shape index (κ1) is 20.7. The van der Waals surface area contributed by atoms with Gasteiger partial charge in [-0.25, -0.2) is 12.8 Å². The fourth-order valence-electron chi connectivity index (χ4n) is 2.90. The molecule has 0 aromatic heterocycles. The fraction of sp³-hybridized carbons (Fsp3) is 0.136. The molecule has 1 unspecified atom stereocenters. The Morgan fingerprint density at radius 2 is 1.66 bits per heavy atom. The lowest BCUT2D eigenvalue weighted by Gasteiger charge is -2.19. The Bertz CT molecular complexity index is 1100. The Labute approximate surface area is 169 Å². The maximum absolute atomic E-state index is 14.0. The molecule has 29 heavy (non-hydrogen) atoms. The molecule has 0 saturated heterocycles. The molecule has 0 saturated carbocycles. The molecule has 0 bridgehead atoms. The van der Waals surface area contributed by atoms with Gasteiger partial charge < -0.3 is 5.32 Å². The zero-order valence-corrected chi connectivity index (χ0v) is 16.6. The highest BCUT2D eigenvalue weighted by atomic mass is 32.2. The summed E-state index contributed by atoms with van der Waals surface area (Å²) < 4.78 is 41.9. The Morgan fingerprint density at radius 3 is 2.34 bits per heavy atom. The van der Waals surface area contributed by atoms with E-state index in [4.69, 9.17) is 0 Å². The predicted octanol–water partition coefficient (Wildman–Crippen LogP) is 3.66. The van der Waals surface area contributed by atoms with Crippen molar-refractivity contribution in [2.75, 3.05) is 5.32 Å². The highest BCUT2D eigenvalue weighted by molar-refractivity contribution is 7.89. The second-order valence-electron chi connectivity index (χ2n) is 6.65. The van der Waals surface area contributed by atoms with Crippen LogP contribution in [-0.4, -0.2) is 20.4 Å². The molecule has 7 heteroatoms. The van der Waals surface area contributed by atoms with E-state index in [1.807, 2.05) is 19.1 Å². The van der Waals surface area contributed by atoms with Gasteiger partial charge in [0.15, 0.2) is 0 Å². The van der Waals surface area contributed by atoms with Gasteiger partial charge >= 0.3 is 0 Å². The molecule has 0 aliphatic rings. The van der Waals surface area contributed by atoms with E-state index >= 15 is 0 Å². The van der Waals surface area contributed by atoms with E-state index in [2.05, 4.69) is 10.0 Å². The third kappa shape index (κ3) is 5.49. The van der Waals surface area contributed by atoms with Crippen molar-refractivity contribution in [3.63, 3.8) is 0 Å². The standard InChI is InChI=1S/C22H21FN2O3S/c1-16-8-7-11-18(14-16)24-22(26)20(15-17-9-3-2-4-10-17)25-29(27,28)21-13-6-5-12-19(21)23/h2-14,20,25H,15H2,1H3,(H,24,26). The summed E-state index contributed by atoms with van der Waals surface area (Å²) in [5.74, 6) is -1.41. The number of hydrogen-bond acceptors (Lipinski definition) is 3. The van der Waals surface area contributed by atoms with Gasteiger partial charge in [0.1, 0.15) is 16.8 Å². The van der Waals surface area contributed by atoms with Crippen molar-refractivity contribution in [1.29, 1.82) is 0 Å². The fourth-order valence-corrected chi connectivity index (χ4v) is 4.18. The molecular weight excluding hydrogens is 391 g/mol. The molecule has 1 atom stereocenters. The predicted molar refractivity (Wildman–Crippen MR) is 110 cm³/mol. The number of carbonyl (C=O) groups is 1. The Morgan fingerprint density at radius 1 is 0.966 bits per heavy atom. The number of benzene rings is 3. The third-order valence-electron chi connectivity index (χ3n) is 4.31. The van der Waals surface area contributed by atoms with Gasteiger partial charge in [0.05, 0.1) is 0 Å². The summed E-state index contributed by atoms with van der Waals surface area (Å²) in [6.07, 6.45) is 0.117. The molecular formula is C22H21FN2O3S. The average molecular weight is 412 g/mol. The molecule has 0 heterocycles. The molecule has 1 amide bonds. The Kier molecular flexibility index (Phi) is 6.41. The van der Waals surface area contributed by atoms with Crippen LogP contribution in [0.2, 0.25) is 0 Å². The Hall–Kier alpha value is -3.03. The van der Waals surface area contributed by atoms with Crippen LogP contribution >= 0.6 is 0 Å². The van der Waals surface area contributed by atoms with Crippen LogP contribution < -0.4 is 10.0 Å². The number of rotatable bonds is 7. The monoisotopic (exact) mass is 412 g/mol. The third-order valence-corrected chi connectivity index (χ3v) is 5.81. The van der Waals surface area contributed by atoms with E-state index in [1.165, 1.54) is 12.1 Å². The van der Waals surface area contributed by atoms with Crippen LogP contribution in [0.5, 0.6) is 0 Å². The van der Waals surface area contributed by atoms with Gasteiger partial charge in [-0.05, 0) is 48.7 Å². The molecule has 2 N–H and O–H groups in total. The molecule has 3 rings (SSSR count). The minimum atomic E-state index is -4.24. The highest BCUT2D eigenvalue weighted by Gasteiger charge is 2.28. The maximum Gasteiger partial charge on any atom is 0.244 e. The van der Waals surface area contributed by atoms with E-state index in [0.717, 1.165) is 23.3 Å². The summed E-state index contributed by atoms with van der Waals surface area (Å²) in [6, 6.07) is 20.1. The molecule has 150 valence electrons. The van der Waals surface area contributed by atoms with Crippen LogP contribution in [0.3, 0.4) is 0 Å². The van der Waals surface area contributed by atoms with Crippen LogP contribution in [0, 0.1) is 12.7 Å². The molecule has 5 nitrogen and oxygen atoms in total. The second kappa shape index (κ2) is 8.98. The highest BCUT2D eigenvalue weighted by Crippen LogP contribution is 2.16. The van der Waals surface area contributed by atoms with Crippen molar-refractivity contribution in [1.82, 2.24) is 4.72 Å². The summed E-state index contributed by atoms with van der Waals surface area (Å²) in [7, 11) is -4.24. The summed E-state index contributed by atoms with van der Waals surface area (Å²) in [6.45, 7) is 1.89. The molecule has 3 aromatic rings. The molecule has 0 radical (unpaired) electrons. The Balaban J connectivity index is 1.88. The number of halogens is 1. The van der Waals surface area contributed by atoms with Crippen molar-refractivity contribution < 1.29 is 17.6 Å². The lowest BCUT2D eigenvalue weighted by atomic mass is 10.1. The second-order valence-corrected chi connectivity index (χ2v) is 8.34. The number of anilines is 1. The SMILES string of the molecule is Cc1cccc(NC(=O)C(Cc2ccccc2)NS(=O)(=O)c2ccccc2F)c1. The van der Waals surface area contributed by atoms with Gasteiger partial charge in [0.2, 0.25) is 15.9 Å². The molecule has 0 aliphatic carbocycles. The van der Waals surface area contributed by atoms with Gasteiger partial charge in [0, 0.05) is 5.69 Å². The van der Waals surface area contributed by atoms with Crippen LogP contribution in [0.4, 0.5) is 10.1 Å². The van der Waals surface area contributed by atoms with E-state index in [9.17, 15) is 17.6 Å². The molecule has 0 spiro atoms. The first-order chi connectivity index (χ1) is 13.8. The van der Waals surface area contributed by atoms with Crippen molar-refractivity contribution in [2.45, 2.75) is 24.3 Å². The first-order valence-corrected chi connectivity index (χ1v) is 10.5. The van der Waals surface area contributed by atoms with Gasteiger partial charge in [-0.3, -0.25) is 4.79 Å². The van der Waals surface area contributed by atoms with Crippen LogP contribution in [-0.2, 0) is 21.2 Å². The van der Waals surface area contributed by atoms with Gasteiger partial charge in [-0.1, -0.05) is 54.6 Å². The van der Waals surface area contributed by atoms with Crippen molar-refractivity contribution >= 4 is 21.6 Å². The van der Waals surface area contributed by atoms with E-state index in [0.29, 0.717) is 5.69 Å².